The molecule has 0 amide bonds. The van der Waals surface area contributed by atoms with Gasteiger partial charge in [0.05, 0.1) is 0 Å². The first kappa shape index (κ1) is 18.9. The van der Waals surface area contributed by atoms with E-state index in [-0.39, 0.29) is 11.5 Å². The monoisotopic (exact) mass is 368 g/mol. The molecule has 3 rings (SSSR count). The average Bonchev–Trinajstić information content (AvgIpc) is 3.05. The van der Waals surface area contributed by atoms with Crippen LogP contribution in [0.4, 0.5) is 0 Å². The van der Waals surface area contributed by atoms with Gasteiger partial charge in [0.1, 0.15) is 5.75 Å². The predicted octanol–water partition coefficient (Wildman–Crippen LogP) is 6.26. The van der Waals surface area contributed by atoms with E-state index in [1.54, 1.807) is 29.5 Å². The van der Waals surface area contributed by atoms with E-state index in [4.69, 9.17) is 0 Å². The predicted molar refractivity (Wildman–Crippen MR) is 110 cm³/mol. The smallest absolute Gasteiger partial charge is 0.185 e. The Morgan fingerprint density at radius 3 is 2.50 bits per heavy atom. The fourth-order valence-electron chi connectivity index (χ4n) is 4.09. The Hall–Kier alpha value is -1.87. The van der Waals surface area contributed by atoms with Crippen molar-refractivity contribution >= 4 is 23.2 Å². The molecule has 0 bridgehead atoms. The average molecular weight is 369 g/mol. The first-order valence-electron chi connectivity index (χ1n) is 9.51. The van der Waals surface area contributed by atoms with Crippen molar-refractivity contribution in [2.75, 3.05) is 0 Å². The minimum Gasteiger partial charge on any atom is -0.507 e. The summed E-state index contributed by atoms with van der Waals surface area (Å²) in [4.78, 5) is 13.8. The summed E-state index contributed by atoms with van der Waals surface area (Å²) in [5.41, 5.74) is 5.50. The molecule has 0 saturated carbocycles. The summed E-state index contributed by atoms with van der Waals surface area (Å²) >= 11 is 1.75. The third-order valence-corrected chi connectivity index (χ3v) is 7.18. The van der Waals surface area contributed by atoms with Crippen molar-refractivity contribution in [1.82, 2.24) is 0 Å². The van der Waals surface area contributed by atoms with E-state index < -0.39 is 0 Å². The lowest BCUT2D eigenvalue weighted by molar-refractivity contribution is 0.104. The summed E-state index contributed by atoms with van der Waals surface area (Å²) in [7, 11) is 0. The van der Waals surface area contributed by atoms with Gasteiger partial charge in [-0.25, -0.2) is 0 Å². The van der Waals surface area contributed by atoms with Gasteiger partial charge in [-0.1, -0.05) is 26.7 Å². The molecule has 0 radical (unpaired) electrons. The summed E-state index contributed by atoms with van der Waals surface area (Å²) in [6.45, 7) is 8.27. The Kier molecular flexibility index (Phi) is 5.38. The fourth-order valence-corrected chi connectivity index (χ4v) is 5.11. The van der Waals surface area contributed by atoms with Gasteiger partial charge in [0.15, 0.2) is 5.78 Å². The van der Waals surface area contributed by atoms with Crippen LogP contribution in [-0.4, -0.2) is 10.9 Å². The molecular weight excluding hydrogens is 340 g/mol. The second kappa shape index (κ2) is 7.40. The fraction of sp³-hybridized carbons (Fsp3) is 0.435. The first-order chi connectivity index (χ1) is 12.4. The molecule has 1 aliphatic rings. The number of benzene rings is 1. The van der Waals surface area contributed by atoms with Gasteiger partial charge in [-0.2, -0.15) is 0 Å². The zero-order valence-electron chi connectivity index (χ0n) is 16.2. The maximum atomic E-state index is 12.6. The maximum absolute atomic E-state index is 12.6. The largest absolute Gasteiger partial charge is 0.507 e. The van der Waals surface area contributed by atoms with Gasteiger partial charge in [0.25, 0.3) is 0 Å². The number of carbonyl (C=O) groups excluding carboxylic acids is 1. The summed E-state index contributed by atoms with van der Waals surface area (Å²) in [5.74, 6) is 0.263. The Morgan fingerprint density at radius 2 is 1.88 bits per heavy atom. The van der Waals surface area contributed by atoms with E-state index in [0.29, 0.717) is 11.0 Å². The van der Waals surface area contributed by atoms with Crippen LogP contribution in [0.25, 0.3) is 6.08 Å². The number of thiophene rings is 1. The van der Waals surface area contributed by atoms with Gasteiger partial charge in [0.2, 0.25) is 0 Å². The Labute approximate surface area is 160 Å². The summed E-state index contributed by atoms with van der Waals surface area (Å²) in [5, 5.41) is 12.2. The number of rotatable bonds is 5. The molecule has 0 aliphatic heterocycles. The Balaban J connectivity index is 1.81. The number of phenolic OH excluding ortho intramolecular Hbond substituents is 1. The van der Waals surface area contributed by atoms with Crippen LogP contribution in [-0.2, 0) is 12.8 Å². The molecule has 0 spiro atoms. The molecule has 0 fully saturated rings. The molecule has 26 heavy (non-hydrogen) atoms. The van der Waals surface area contributed by atoms with Crippen LogP contribution in [0.2, 0.25) is 0 Å². The van der Waals surface area contributed by atoms with Crippen molar-refractivity contribution in [3.8, 4) is 5.75 Å². The summed E-state index contributed by atoms with van der Waals surface area (Å²) < 4.78 is 0. The number of aromatic hydroxyl groups is 1. The molecule has 0 saturated heterocycles. The highest BCUT2D eigenvalue weighted by Gasteiger charge is 2.32. The van der Waals surface area contributed by atoms with Crippen LogP contribution in [0.15, 0.2) is 23.6 Å². The number of ketones is 1. The van der Waals surface area contributed by atoms with Crippen molar-refractivity contribution in [2.24, 2.45) is 5.41 Å². The Bertz CT molecular complexity index is 830. The van der Waals surface area contributed by atoms with Crippen LogP contribution in [0.5, 0.6) is 5.75 Å². The van der Waals surface area contributed by atoms with E-state index in [1.807, 2.05) is 19.9 Å². The van der Waals surface area contributed by atoms with Gasteiger partial charge >= 0.3 is 0 Å². The quantitative estimate of drug-likeness (QED) is 0.499. The maximum Gasteiger partial charge on any atom is 0.185 e. The number of fused-ring (bicyclic) bond motifs is 1. The lowest BCUT2D eigenvalue weighted by Gasteiger charge is -2.36. The van der Waals surface area contributed by atoms with Crippen molar-refractivity contribution in [3.63, 3.8) is 0 Å². The molecule has 3 heteroatoms. The first-order valence-corrected chi connectivity index (χ1v) is 10.4. The number of carbonyl (C=O) groups is 1. The van der Waals surface area contributed by atoms with Crippen LogP contribution >= 0.6 is 11.3 Å². The normalized spacial score (nSPS) is 16.0. The van der Waals surface area contributed by atoms with E-state index >= 15 is 0 Å². The zero-order valence-corrected chi connectivity index (χ0v) is 17.0. The molecule has 1 heterocycles. The van der Waals surface area contributed by atoms with E-state index in [1.165, 1.54) is 41.7 Å². The van der Waals surface area contributed by atoms with Crippen molar-refractivity contribution in [3.05, 3.63) is 56.3 Å². The van der Waals surface area contributed by atoms with Crippen LogP contribution in [0.3, 0.4) is 0 Å². The standard InChI is InChI=1S/C23H28O2S/c1-5-23(6-2)10-9-19-18(13-23)14-26-21(19)8-7-20(24)17-11-15(3)22(25)16(4)12-17/h7-8,11-12,14,25H,5-6,9-10,13H2,1-4H3. The molecule has 1 aromatic carbocycles. The lowest BCUT2D eigenvalue weighted by atomic mass is 9.69. The third kappa shape index (κ3) is 3.50. The van der Waals surface area contributed by atoms with E-state index in [9.17, 15) is 9.90 Å². The van der Waals surface area contributed by atoms with Gasteiger partial charge in [-0.15, -0.1) is 11.3 Å². The van der Waals surface area contributed by atoms with Crippen molar-refractivity contribution in [1.29, 1.82) is 0 Å². The molecule has 1 aromatic heterocycles. The topological polar surface area (TPSA) is 37.3 Å². The molecule has 2 aromatic rings. The SMILES string of the molecule is CCC1(CC)CCc2c(csc2C=CC(=O)c2cc(C)c(O)c(C)c2)C1. The summed E-state index contributed by atoms with van der Waals surface area (Å²) in [6, 6.07) is 3.52. The number of hydrogen-bond donors (Lipinski definition) is 1. The minimum absolute atomic E-state index is 0.00868. The van der Waals surface area contributed by atoms with E-state index in [2.05, 4.69) is 19.2 Å². The van der Waals surface area contributed by atoms with Crippen LogP contribution in [0, 0.1) is 19.3 Å². The highest BCUT2D eigenvalue weighted by atomic mass is 32.1. The van der Waals surface area contributed by atoms with E-state index in [0.717, 1.165) is 17.5 Å². The molecule has 0 unspecified atom stereocenters. The molecule has 2 nitrogen and oxygen atoms in total. The second-order valence-electron chi connectivity index (χ2n) is 7.64. The second-order valence-corrected chi connectivity index (χ2v) is 8.56. The van der Waals surface area contributed by atoms with Gasteiger partial charge in [-0.3, -0.25) is 4.79 Å². The molecular formula is C23H28O2S. The van der Waals surface area contributed by atoms with Crippen molar-refractivity contribution < 1.29 is 9.90 Å². The molecule has 138 valence electrons. The van der Waals surface area contributed by atoms with Gasteiger partial charge in [0, 0.05) is 10.4 Å². The highest BCUT2D eigenvalue weighted by molar-refractivity contribution is 7.11. The van der Waals surface area contributed by atoms with Crippen LogP contribution < -0.4 is 0 Å². The summed E-state index contributed by atoms with van der Waals surface area (Å²) in [6.07, 6.45) is 9.67. The molecule has 1 aliphatic carbocycles. The van der Waals surface area contributed by atoms with Crippen LogP contribution in [0.1, 0.15) is 70.6 Å². The highest BCUT2D eigenvalue weighted by Crippen LogP contribution is 2.43. The molecule has 1 N–H and O–H groups in total. The number of hydrogen-bond acceptors (Lipinski definition) is 3. The number of allylic oxidation sites excluding steroid dienone is 1. The number of phenols is 1. The zero-order chi connectivity index (χ0) is 18.9. The van der Waals surface area contributed by atoms with Gasteiger partial charge < -0.3 is 5.11 Å². The third-order valence-electron chi connectivity index (χ3n) is 6.15. The number of aryl methyl sites for hydroxylation is 2. The Morgan fingerprint density at radius 1 is 1.23 bits per heavy atom. The lowest BCUT2D eigenvalue weighted by Crippen LogP contribution is -2.27. The minimum atomic E-state index is -0.00868. The van der Waals surface area contributed by atoms with Crippen molar-refractivity contribution in [2.45, 2.75) is 59.8 Å². The van der Waals surface area contributed by atoms with Gasteiger partial charge in [-0.05, 0) is 90.4 Å². The molecule has 0 atom stereocenters.